The summed E-state index contributed by atoms with van der Waals surface area (Å²) in [6.07, 6.45) is 0.175. The SMILES string of the molecule is C[C@@H]1[C@H](CN2CCC(O)(c3ccc(Cl)cc3)CC2)O[C@H](c2ccc(CNS(=O)(=O)c3ccccc3)cc2)O[C@@H]1c1ccc(CO)cc1. The van der Waals surface area contributed by atoms with Crippen molar-refractivity contribution in [3.8, 4) is 0 Å². The van der Waals surface area contributed by atoms with Crippen LogP contribution in [0.3, 0.4) is 0 Å². The highest BCUT2D eigenvalue weighted by atomic mass is 35.5. The molecule has 0 radical (unpaired) electrons. The van der Waals surface area contributed by atoms with Gasteiger partial charge in [0.05, 0.1) is 29.3 Å². The highest BCUT2D eigenvalue weighted by molar-refractivity contribution is 7.89. The first kappa shape index (κ1) is 33.8. The molecule has 0 spiro atoms. The van der Waals surface area contributed by atoms with Crippen LogP contribution in [0.5, 0.6) is 0 Å². The Labute approximate surface area is 282 Å². The third kappa shape index (κ3) is 7.96. The zero-order valence-electron chi connectivity index (χ0n) is 26.3. The minimum Gasteiger partial charge on any atom is -0.392 e. The van der Waals surface area contributed by atoms with Gasteiger partial charge in [0.1, 0.15) is 0 Å². The number of sulfonamides is 1. The van der Waals surface area contributed by atoms with Gasteiger partial charge in [-0.2, -0.15) is 0 Å². The first-order valence-corrected chi connectivity index (χ1v) is 17.8. The molecule has 2 fully saturated rings. The predicted molar refractivity (Wildman–Crippen MR) is 181 cm³/mol. The van der Waals surface area contributed by atoms with Crippen molar-refractivity contribution in [1.29, 1.82) is 0 Å². The number of halogens is 1. The lowest BCUT2D eigenvalue weighted by molar-refractivity contribution is -0.277. The van der Waals surface area contributed by atoms with E-state index < -0.39 is 21.9 Å². The summed E-state index contributed by atoms with van der Waals surface area (Å²) in [7, 11) is -3.63. The number of hydrogen-bond acceptors (Lipinski definition) is 7. The Kier molecular flexibility index (Phi) is 10.5. The molecule has 10 heteroatoms. The monoisotopic (exact) mass is 676 g/mol. The Morgan fingerprint density at radius 1 is 0.851 bits per heavy atom. The van der Waals surface area contributed by atoms with Crippen molar-refractivity contribution in [2.24, 2.45) is 5.92 Å². The van der Waals surface area contributed by atoms with Crippen LogP contribution in [-0.2, 0) is 38.2 Å². The summed E-state index contributed by atoms with van der Waals surface area (Å²) in [5.41, 5.74) is 3.49. The van der Waals surface area contributed by atoms with Gasteiger partial charge in [0, 0.05) is 42.7 Å². The van der Waals surface area contributed by atoms with E-state index in [1.54, 1.807) is 30.3 Å². The average molecular weight is 677 g/mol. The van der Waals surface area contributed by atoms with Crippen LogP contribution in [-0.4, -0.2) is 49.3 Å². The first-order valence-electron chi connectivity index (χ1n) is 16.0. The molecule has 4 aromatic rings. The topological polar surface area (TPSA) is 108 Å². The summed E-state index contributed by atoms with van der Waals surface area (Å²) < 4.78 is 41.3. The van der Waals surface area contributed by atoms with Crippen molar-refractivity contribution >= 4 is 21.6 Å². The molecule has 2 aliphatic rings. The number of rotatable bonds is 10. The molecule has 0 aliphatic carbocycles. The molecule has 6 rings (SSSR count). The molecule has 0 bridgehead atoms. The Morgan fingerprint density at radius 3 is 2.11 bits per heavy atom. The lowest BCUT2D eigenvalue weighted by Crippen LogP contribution is -2.49. The number of piperidine rings is 1. The van der Waals surface area contributed by atoms with E-state index in [2.05, 4.69) is 16.5 Å². The van der Waals surface area contributed by atoms with Gasteiger partial charge in [0.15, 0.2) is 6.29 Å². The lowest BCUT2D eigenvalue weighted by atomic mass is 9.84. The zero-order valence-corrected chi connectivity index (χ0v) is 27.9. The Bertz CT molecular complexity index is 1710. The fourth-order valence-electron chi connectivity index (χ4n) is 6.39. The van der Waals surface area contributed by atoms with Crippen LogP contribution >= 0.6 is 11.6 Å². The van der Waals surface area contributed by atoms with Gasteiger partial charge in [-0.3, -0.25) is 0 Å². The Balaban J connectivity index is 1.16. The molecule has 2 heterocycles. The van der Waals surface area contributed by atoms with E-state index in [-0.39, 0.29) is 36.2 Å². The largest absolute Gasteiger partial charge is 0.392 e. The Hall–Kier alpha value is -3.12. The third-order valence-corrected chi connectivity index (χ3v) is 11.1. The number of hydrogen-bond donors (Lipinski definition) is 3. The molecule has 8 nitrogen and oxygen atoms in total. The van der Waals surface area contributed by atoms with E-state index in [1.807, 2.05) is 72.8 Å². The van der Waals surface area contributed by atoms with Gasteiger partial charge in [0.2, 0.25) is 10.0 Å². The fraction of sp³-hybridized carbons (Fsp3) is 0.351. The zero-order chi connectivity index (χ0) is 33.0. The number of nitrogens with one attached hydrogen (secondary N) is 1. The minimum atomic E-state index is -3.63. The van der Waals surface area contributed by atoms with Crippen LogP contribution in [0, 0.1) is 5.92 Å². The second-order valence-electron chi connectivity index (χ2n) is 12.5. The van der Waals surface area contributed by atoms with Crippen molar-refractivity contribution in [1.82, 2.24) is 9.62 Å². The van der Waals surface area contributed by atoms with Gasteiger partial charge in [-0.1, -0.05) is 97.4 Å². The van der Waals surface area contributed by atoms with Crippen molar-refractivity contribution in [3.63, 3.8) is 0 Å². The molecule has 3 N–H and O–H groups in total. The van der Waals surface area contributed by atoms with Crippen LogP contribution in [0.2, 0.25) is 5.02 Å². The summed E-state index contributed by atoms with van der Waals surface area (Å²) in [6.45, 7) is 4.40. The molecule has 4 atom stereocenters. The maximum Gasteiger partial charge on any atom is 0.240 e. The molecule has 0 unspecified atom stereocenters. The second kappa shape index (κ2) is 14.6. The third-order valence-electron chi connectivity index (χ3n) is 9.40. The molecule has 47 heavy (non-hydrogen) atoms. The van der Waals surface area contributed by atoms with E-state index >= 15 is 0 Å². The molecule has 0 amide bonds. The second-order valence-corrected chi connectivity index (χ2v) is 14.7. The van der Waals surface area contributed by atoms with E-state index in [1.165, 1.54) is 0 Å². The van der Waals surface area contributed by atoms with Gasteiger partial charge in [0.25, 0.3) is 0 Å². The van der Waals surface area contributed by atoms with E-state index in [0.717, 1.165) is 40.9 Å². The number of benzene rings is 4. The molecule has 0 aromatic heterocycles. The van der Waals surface area contributed by atoms with Gasteiger partial charge < -0.3 is 24.6 Å². The maximum absolute atomic E-state index is 12.7. The van der Waals surface area contributed by atoms with Gasteiger partial charge in [-0.15, -0.1) is 0 Å². The van der Waals surface area contributed by atoms with Crippen LogP contribution in [0.4, 0.5) is 0 Å². The summed E-state index contributed by atoms with van der Waals surface area (Å²) in [5, 5.41) is 21.6. The minimum absolute atomic E-state index is 0.0231. The van der Waals surface area contributed by atoms with Gasteiger partial charge >= 0.3 is 0 Å². The van der Waals surface area contributed by atoms with E-state index in [9.17, 15) is 18.6 Å². The smallest absolute Gasteiger partial charge is 0.240 e. The highest BCUT2D eigenvalue weighted by Crippen LogP contribution is 2.42. The predicted octanol–water partition coefficient (Wildman–Crippen LogP) is 6.09. The lowest BCUT2D eigenvalue weighted by Gasteiger charge is -2.45. The standard InChI is InChI=1S/C37H41ClN2O6S/c1-26-34(24-40-21-19-37(42,20-22-40)31-15-17-32(38)18-16-31)45-36(46-35(26)29-11-9-28(25-41)10-12-29)30-13-7-27(8-14-30)23-39-47(43,44)33-5-3-2-4-6-33/h2-18,26,34-36,39,41-42H,19-25H2,1H3/t26-,34+,35+,36+/m1/s1. The summed E-state index contributed by atoms with van der Waals surface area (Å²) in [4.78, 5) is 2.57. The van der Waals surface area contributed by atoms with Crippen LogP contribution < -0.4 is 4.72 Å². The number of likely N-dealkylation sites (tertiary alicyclic amines) is 1. The normalized spacial score (nSPS) is 23.4. The number of ether oxygens (including phenoxy) is 2. The molecule has 248 valence electrons. The number of aliphatic hydroxyl groups excluding tert-OH is 1. The van der Waals surface area contributed by atoms with Crippen LogP contribution in [0.15, 0.2) is 108 Å². The molecule has 2 saturated heterocycles. The fourth-order valence-corrected chi connectivity index (χ4v) is 7.56. The number of aliphatic hydroxyl groups is 2. The van der Waals surface area contributed by atoms with Gasteiger partial charge in [-0.25, -0.2) is 13.1 Å². The van der Waals surface area contributed by atoms with E-state index in [0.29, 0.717) is 24.4 Å². The highest BCUT2D eigenvalue weighted by Gasteiger charge is 2.41. The van der Waals surface area contributed by atoms with Crippen LogP contribution in [0.1, 0.15) is 60.0 Å². The summed E-state index contributed by atoms with van der Waals surface area (Å²) in [5.74, 6) is 0.0231. The van der Waals surface area contributed by atoms with Crippen LogP contribution in [0.25, 0.3) is 0 Å². The first-order chi connectivity index (χ1) is 22.6. The van der Waals surface area contributed by atoms with Crippen molar-refractivity contribution in [2.75, 3.05) is 19.6 Å². The van der Waals surface area contributed by atoms with Crippen molar-refractivity contribution in [2.45, 2.75) is 61.9 Å². The molecule has 4 aromatic carbocycles. The molecular weight excluding hydrogens is 636 g/mol. The van der Waals surface area contributed by atoms with Crippen molar-refractivity contribution in [3.05, 3.63) is 136 Å². The van der Waals surface area contributed by atoms with Gasteiger partial charge in [-0.05, 0) is 59.4 Å². The summed E-state index contributed by atoms with van der Waals surface area (Å²) in [6, 6.07) is 31.2. The maximum atomic E-state index is 12.7. The average Bonchev–Trinajstić information content (AvgIpc) is 3.10. The van der Waals surface area contributed by atoms with Crippen molar-refractivity contribution < 1.29 is 28.1 Å². The molecule has 0 saturated carbocycles. The number of nitrogens with zero attached hydrogens (tertiary/aromatic N) is 1. The summed E-state index contributed by atoms with van der Waals surface area (Å²) >= 11 is 6.08. The quantitative estimate of drug-likeness (QED) is 0.187. The molecule has 2 aliphatic heterocycles. The van der Waals surface area contributed by atoms with E-state index in [4.69, 9.17) is 21.1 Å². The Morgan fingerprint density at radius 2 is 1.47 bits per heavy atom. The molecular formula is C37H41ClN2O6S.